The maximum Gasteiger partial charge on any atom is 0.313 e. The van der Waals surface area contributed by atoms with Crippen molar-refractivity contribution < 1.29 is 14.5 Å². The molecule has 1 aromatic rings. The van der Waals surface area contributed by atoms with Crippen LogP contribution in [0.1, 0.15) is 25.0 Å². The van der Waals surface area contributed by atoms with E-state index in [9.17, 15) is 9.59 Å². The smallest absolute Gasteiger partial charge is 0.313 e. The molecule has 1 rings (SSSR count). The third-order valence-electron chi connectivity index (χ3n) is 3.69. The topological polar surface area (TPSA) is 62.6 Å². The van der Waals surface area contributed by atoms with Crippen LogP contribution >= 0.6 is 0 Å². The lowest BCUT2D eigenvalue weighted by Crippen LogP contribution is -3.12. The van der Waals surface area contributed by atoms with Gasteiger partial charge in [-0.15, -0.1) is 0 Å². The van der Waals surface area contributed by atoms with Crippen molar-refractivity contribution in [3.8, 4) is 0 Å². The van der Waals surface area contributed by atoms with Crippen molar-refractivity contribution >= 4 is 17.5 Å². The van der Waals surface area contributed by atoms with Gasteiger partial charge in [0, 0.05) is 5.69 Å². The Hall–Kier alpha value is -1.88. The largest absolute Gasteiger partial charge is 0.342 e. The Morgan fingerprint density at radius 3 is 2.14 bits per heavy atom. The number of anilines is 1. The van der Waals surface area contributed by atoms with Crippen molar-refractivity contribution in [2.24, 2.45) is 0 Å². The summed E-state index contributed by atoms with van der Waals surface area (Å²) in [5.41, 5.74) is 2.61. The van der Waals surface area contributed by atoms with E-state index in [-0.39, 0.29) is 0 Å². The number of para-hydroxylation sites is 1. The summed E-state index contributed by atoms with van der Waals surface area (Å²) in [4.78, 5) is 25.1. The number of carbonyl (C=O) groups excluding carboxylic acids is 2. The molecular weight excluding hydrogens is 266 g/mol. The lowest BCUT2D eigenvalue weighted by atomic mass is 10.1. The predicted molar refractivity (Wildman–Crippen MR) is 84.5 cm³/mol. The minimum atomic E-state index is -0.609. The van der Waals surface area contributed by atoms with Gasteiger partial charge in [0.15, 0.2) is 0 Å². The van der Waals surface area contributed by atoms with Crippen LogP contribution in [0.2, 0.25) is 0 Å². The van der Waals surface area contributed by atoms with Crippen LogP contribution in [0.5, 0.6) is 0 Å². The zero-order valence-corrected chi connectivity index (χ0v) is 13.4. The number of quaternary nitrogens is 1. The van der Waals surface area contributed by atoms with Gasteiger partial charge in [0.2, 0.25) is 0 Å². The second-order valence-electron chi connectivity index (χ2n) is 5.18. The van der Waals surface area contributed by atoms with Crippen molar-refractivity contribution in [3.63, 3.8) is 0 Å². The Morgan fingerprint density at radius 1 is 1.05 bits per heavy atom. The van der Waals surface area contributed by atoms with Gasteiger partial charge in [-0.2, -0.15) is 0 Å². The lowest BCUT2D eigenvalue weighted by molar-refractivity contribution is -0.895. The summed E-state index contributed by atoms with van der Waals surface area (Å²) < 4.78 is 0. The first-order chi connectivity index (χ1) is 9.99. The predicted octanol–water partition coefficient (Wildman–Crippen LogP) is 0.283. The van der Waals surface area contributed by atoms with Gasteiger partial charge in [-0.25, -0.2) is 0 Å². The Bertz CT molecular complexity index is 476. The summed E-state index contributed by atoms with van der Waals surface area (Å²) in [6.45, 7) is 11.4. The zero-order valence-electron chi connectivity index (χ0n) is 13.4. The number of nitrogens with one attached hydrogen (secondary N) is 3. The molecule has 5 nitrogen and oxygen atoms in total. The van der Waals surface area contributed by atoms with Crippen molar-refractivity contribution in [2.75, 3.05) is 31.5 Å². The highest BCUT2D eigenvalue weighted by Gasteiger charge is 2.15. The third-order valence-corrected chi connectivity index (χ3v) is 3.69. The Kier molecular flexibility index (Phi) is 6.88. The van der Waals surface area contributed by atoms with Crippen LogP contribution in [0, 0.1) is 13.8 Å². The average molecular weight is 292 g/mol. The Balaban J connectivity index is 2.50. The third kappa shape index (κ3) is 5.19. The van der Waals surface area contributed by atoms with Crippen LogP contribution in [0.4, 0.5) is 5.69 Å². The van der Waals surface area contributed by atoms with Crippen LogP contribution in [-0.2, 0) is 9.59 Å². The van der Waals surface area contributed by atoms with Crippen molar-refractivity contribution in [1.82, 2.24) is 5.32 Å². The summed E-state index contributed by atoms with van der Waals surface area (Å²) in [6, 6.07) is 5.74. The monoisotopic (exact) mass is 292 g/mol. The highest BCUT2D eigenvalue weighted by molar-refractivity contribution is 6.39. The van der Waals surface area contributed by atoms with Crippen LogP contribution in [0.25, 0.3) is 0 Å². The lowest BCUT2D eigenvalue weighted by Gasteiger charge is -2.15. The molecule has 3 N–H and O–H groups in total. The Labute approximate surface area is 126 Å². The van der Waals surface area contributed by atoms with Gasteiger partial charge in [0.25, 0.3) is 0 Å². The summed E-state index contributed by atoms with van der Waals surface area (Å²) in [7, 11) is 0. The highest BCUT2D eigenvalue weighted by Crippen LogP contribution is 2.18. The van der Waals surface area contributed by atoms with E-state index >= 15 is 0 Å². The number of aryl methyl sites for hydroxylation is 2. The van der Waals surface area contributed by atoms with E-state index in [1.54, 1.807) is 0 Å². The first-order valence-corrected chi connectivity index (χ1v) is 7.48. The molecule has 5 heteroatoms. The summed E-state index contributed by atoms with van der Waals surface area (Å²) >= 11 is 0. The molecule has 0 saturated heterocycles. The molecule has 0 fully saturated rings. The van der Waals surface area contributed by atoms with Crippen molar-refractivity contribution in [1.29, 1.82) is 0 Å². The number of carbonyl (C=O) groups is 2. The quantitative estimate of drug-likeness (QED) is 0.660. The number of benzene rings is 1. The van der Waals surface area contributed by atoms with Crippen LogP contribution in [0.3, 0.4) is 0 Å². The van der Waals surface area contributed by atoms with Gasteiger partial charge in [-0.3, -0.25) is 9.59 Å². The number of hydrogen-bond donors (Lipinski definition) is 3. The van der Waals surface area contributed by atoms with Crippen molar-refractivity contribution in [3.05, 3.63) is 29.3 Å². The van der Waals surface area contributed by atoms with E-state index in [4.69, 9.17) is 0 Å². The molecule has 21 heavy (non-hydrogen) atoms. The zero-order chi connectivity index (χ0) is 15.8. The molecule has 0 atom stereocenters. The van der Waals surface area contributed by atoms with E-state index in [1.807, 2.05) is 32.0 Å². The van der Waals surface area contributed by atoms with Crippen LogP contribution in [-0.4, -0.2) is 38.0 Å². The molecule has 1 aromatic carbocycles. The second-order valence-corrected chi connectivity index (χ2v) is 5.18. The highest BCUT2D eigenvalue weighted by atomic mass is 16.2. The second kappa shape index (κ2) is 8.42. The fourth-order valence-corrected chi connectivity index (χ4v) is 2.22. The van der Waals surface area contributed by atoms with E-state index in [0.717, 1.165) is 30.8 Å². The summed E-state index contributed by atoms with van der Waals surface area (Å²) in [5.74, 6) is -1.19. The molecule has 0 aromatic heterocycles. The molecule has 0 aliphatic rings. The molecule has 0 saturated carbocycles. The van der Waals surface area contributed by atoms with Gasteiger partial charge in [0.1, 0.15) is 0 Å². The normalized spacial score (nSPS) is 10.5. The Morgan fingerprint density at radius 2 is 1.62 bits per heavy atom. The summed E-state index contributed by atoms with van der Waals surface area (Å²) in [5, 5.41) is 5.36. The molecule has 0 unspecified atom stereocenters. The molecule has 0 aliphatic carbocycles. The number of likely N-dealkylation sites (N-methyl/N-ethyl adjacent to an activating group) is 1. The molecular formula is C16H26N3O2+. The molecule has 116 valence electrons. The van der Waals surface area contributed by atoms with E-state index in [0.29, 0.717) is 12.2 Å². The van der Waals surface area contributed by atoms with Gasteiger partial charge < -0.3 is 15.5 Å². The van der Waals surface area contributed by atoms with E-state index in [2.05, 4.69) is 24.5 Å². The number of amides is 2. The van der Waals surface area contributed by atoms with E-state index < -0.39 is 11.8 Å². The maximum atomic E-state index is 11.9. The van der Waals surface area contributed by atoms with Crippen LogP contribution in [0.15, 0.2) is 18.2 Å². The van der Waals surface area contributed by atoms with Gasteiger partial charge in [-0.1, -0.05) is 18.2 Å². The molecule has 2 amide bonds. The average Bonchev–Trinajstić information content (AvgIpc) is 2.47. The van der Waals surface area contributed by atoms with Gasteiger partial charge in [0.05, 0.1) is 26.2 Å². The van der Waals surface area contributed by atoms with E-state index in [1.165, 1.54) is 4.90 Å². The number of hydrogen-bond acceptors (Lipinski definition) is 2. The standard InChI is InChI=1S/C16H25N3O2/c1-5-19(6-2)11-10-17-15(20)16(21)18-14-12(3)8-7-9-13(14)4/h7-9H,5-6,10-11H2,1-4H3,(H,17,20)(H,18,21)/p+1. The molecule has 0 aliphatic heterocycles. The maximum absolute atomic E-state index is 11.9. The molecule has 0 radical (unpaired) electrons. The minimum Gasteiger partial charge on any atom is -0.342 e. The number of rotatable bonds is 6. The first-order valence-electron chi connectivity index (χ1n) is 7.48. The fraction of sp³-hybridized carbons (Fsp3) is 0.500. The minimum absolute atomic E-state index is 0.510. The summed E-state index contributed by atoms with van der Waals surface area (Å²) in [6.07, 6.45) is 0. The van der Waals surface area contributed by atoms with Gasteiger partial charge >= 0.3 is 11.8 Å². The van der Waals surface area contributed by atoms with Crippen LogP contribution < -0.4 is 15.5 Å². The molecule has 0 heterocycles. The SMILES string of the molecule is CC[NH+](CC)CCNC(=O)C(=O)Nc1c(C)cccc1C. The van der Waals surface area contributed by atoms with Crippen molar-refractivity contribution in [2.45, 2.75) is 27.7 Å². The van der Waals surface area contributed by atoms with Gasteiger partial charge in [-0.05, 0) is 38.8 Å². The molecule has 0 bridgehead atoms. The molecule has 0 spiro atoms. The fourth-order valence-electron chi connectivity index (χ4n) is 2.22. The first kappa shape index (κ1) is 17.2.